The van der Waals surface area contributed by atoms with Gasteiger partial charge in [-0.05, 0) is 29.1 Å². The molecule has 2 N–H and O–H groups in total. The summed E-state index contributed by atoms with van der Waals surface area (Å²) in [6.45, 7) is 0. The largest absolute Gasteiger partial charge is 0.478 e. The molecule has 0 bridgehead atoms. The van der Waals surface area contributed by atoms with Crippen molar-refractivity contribution in [2.45, 2.75) is 6.42 Å². The lowest BCUT2D eigenvalue weighted by molar-refractivity contribution is -0.115. The van der Waals surface area contributed by atoms with Gasteiger partial charge in [0.25, 0.3) is 0 Å². The van der Waals surface area contributed by atoms with Gasteiger partial charge in [0.2, 0.25) is 5.91 Å². The molecule has 0 atom stereocenters. The quantitative estimate of drug-likeness (QED) is 0.600. The Kier molecular flexibility index (Phi) is 5.13. The van der Waals surface area contributed by atoms with Crippen LogP contribution in [0.5, 0.6) is 0 Å². The first-order valence-corrected chi connectivity index (χ1v) is 9.53. The number of anilines is 1. The van der Waals surface area contributed by atoms with Gasteiger partial charge in [0.15, 0.2) is 0 Å². The van der Waals surface area contributed by atoms with E-state index in [4.69, 9.17) is 0 Å². The Balaban J connectivity index is 1.87. The lowest BCUT2D eigenvalue weighted by atomic mass is 10.0. The number of hydrogen-bond acceptors (Lipinski definition) is 4. The predicted molar refractivity (Wildman–Crippen MR) is 101 cm³/mol. The minimum Gasteiger partial charge on any atom is -0.478 e. The third kappa shape index (κ3) is 3.75. The van der Waals surface area contributed by atoms with Crippen molar-refractivity contribution in [1.29, 1.82) is 0 Å². The smallest absolute Gasteiger partial charge is 0.339 e. The van der Waals surface area contributed by atoms with Gasteiger partial charge < -0.3 is 10.4 Å². The number of thiophene rings is 2. The predicted octanol–water partition coefficient (Wildman–Crippen LogP) is 5.12. The van der Waals surface area contributed by atoms with E-state index in [1.165, 1.54) is 22.7 Å². The number of carboxylic acids is 1. The highest BCUT2D eigenvalue weighted by atomic mass is 79.9. The van der Waals surface area contributed by atoms with Gasteiger partial charge in [0.05, 0.1) is 6.42 Å². The van der Waals surface area contributed by atoms with Crippen LogP contribution in [0.3, 0.4) is 0 Å². The number of carbonyl (C=O) groups is 2. The molecule has 24 heavy (non-hydrogen) atoms. The van der Waals surface area contributed by atoms with Gasteiger partial charge in [0.1, 0.15) is 10.6 Å². The lowest BCUT2D eigenvalue weighted by Crippen LogP contribution is -2.15. The Morgan fingerprint density at radius 2 is 1.88 bits per heavy atom. The van der Waals surface area contributed by atoms with E-state index in [1.807, 2.05) is 41.8 Å². The van der Waals surface area contributed by atoms with Crippen LogP contribution in [0.1, 0.15) is 15.2 Å². The van der Waals surface area contributed by atoms with E-state index >= 15 is 0 Å². The fraction of sp³-hybridized carbons (Fsp3) is 0.0588. The molecule has 3 aromatic rings. The molecular formula is C17H12BrNO3S2. The molecular weight excluding hydrogens is 410 g/mol. The topological polar surface area (TPSA) is 66.4 Å². The number of nitrogens with one attached hydrogen (secondary N) is 1. The Labute approximate surface area is 154 Å². The van der Waals surface area contributed by atoms with E-state index in [9.17, 15) is 14.7 Å². The zero-order chi connectivity index (χ0) is 17.1. The molecule has 2 aromatic heterocycles. The number of rotatable bonds is 5. The summed E-state index contributed by atoms with van der Waals surface area (Å²) in [5.74, 6) is -1.27. The van der Waals surface area contributed by atoms with Crippen molar-refractivity contribution in [1.82, 2.24) is 0 Å². The van der Waals surface area contributed by atoms with Crippen LogP contribution in [-0.2, 0) is 11.2 Å². The normalized spacial score (nSPS) is 10.5. The molecule has 0 radical (unpaired) electrons. The summed E-state index contributed by atoms with van der Waals surface area (Å²) in [5, 5.41) is 16.3. The minimum atomic E-state index is -1.06. The fourth-order valence-electron chi connectivity index (χ4n) is 2.25. The molecule has 0 unspecified atom stereocenters. The summed E-state index contributed by atoms with van der Waals surface area (Å²) in [5.41, 5.74) is 1.53. The second kappa shape index (κ2) is 7.29. The van der Waals surface area contributed by atoms with E-state index < -0.39 is 5.97 Å². The number of carboxylic acid groups (broad SMARTS) is 1. The molecule has 122 valence electrons. The van der Waals surface area contributed by atoms with Gasteiger partial charge in [-0.25, -0.2) is 4.79 Å². The Bertz CT molecular complexity index is 870. The molecule has 0 spiro atoms. The average molecular weight is 422 g/mol. The van der Waals surface area contributed by atoms with Crippen molar-refractivity contribution in [3.63, 3.8) is 0 Å². The molecule has 1 amide bonds. The number of amides is 1. The maximum absolute atomic E-state index is 12.1. The van der Waals surface area contributed by atoms with Crippen LogP contribution < -0.4 is 5.32 Å². The zero-order valence-electron chi connectivity index (χ0n) is 12.3. The molecule has 4 nitrogen and oxygen atoms in total. The summed E-state index contributed by atoms with van der Waals surface area (Å²) in [7, 11) is 0. The second-order valence-corrected chi connectivity index (χ2v) is 7.80. The van der Waals surface area contributed by atoms with Gasteiger partial charge >= 0.3 is 5.97 Å². The number of carbonyl (C=O) groups excluding carboxylic acids is 1. The van der Waals surface area contributed by atoms with Crippen molar-refractivity contribution in [3.8, 4) is 11.1 Å². The third-order valence-electron chi connectivity index (χ3n) is 3.33. The monoisotopic (exact) mass is 421 g/mol. The van der Waals surface area contributed by atoms with Crippen molar-refractivity contribution < 1.29 is 14.7 Å². The SMILES string of the molecule is O=C(Cc1cccs1)Nc1scc(-c2ccc(Br)cc2)c1C(=O)O. The standard InChI is InChI=1S/C17H12BrNO3S2/c18-11-5-3-10(4-6-11)13-9-24-16(15(13)17(21)22)19-14(20)8-12-2-1-7-23-12/h1-7,9H,8H2,(H,19,20)(H,21,22). The van der Waals surface area contributed by atoms with Crippen LogP contribution in [0.15, 0.2) is 51.6 Å². The second-order valence-electron chi connectivity index (χ2n) is 4.97. The van der Waals surface area contributed by atoms with Gasteiger partial charge in [-0.2, -0.15) is 0 Å². The van der Waals surface area contributed by atoms with Gasteiger partial charge in [-0.15, -0.1) is 22.7 Å². The molecule has 2 heterocycles. The molecule has 1 aromatic carbocycles. The van der Waals surface area contributed by atoms with Crippen molar-refractivity contribution in [3.05, 3.63) is 62.1 Å². The first-order valence-electron chi connectivity index (χ1n) is 6.97. The maximum Gasteiger partial charge on any atom is 0.339 e. The Hall–Kier alpha value is -1.96. The fourth-order valence-corrected chi connectivity index (χ4v) is 4.19. The molecule has 0 saturated heterocycles. The minimum absolute atomic E-state index is 0.127. The molecule has 3 rings (SSSR count). The molecule has 0 aliphatic heterocycles. The summed E-state index contributed by atoms with van der Waals surface area (Å²) >= 11 is 6.08. The highest BCUT2D eigenvalue weighted by Crippen LogP contribution is 2.36. The van der Waals surface area contributed by atoms with E-state index in [1.54, 1.807) is 5.38 Å². The third-order valence-corrected chi connectivity index (χ3v) is 5.63. The van der Waals surface area contributed by atoms with Crippen LogP contribution in [0.25, 0.3) is 11.1 Å². The van der Waals surface area contributed by atoms with Crippen LogP contribution in [0.4, 0.5) is 5.00 Å². The number of hydrogen-bond donors (Lipinski definition) is 2. The van der Waals surface area contributed by atoms with Gasteiger partial charge in [-0.1, -0.05) is 34.1 Å². The van der Waals surface area contributed by atoms with Crippen molar-refractivity contribution >= 4 is 55.5 Å². The van der Waals surface area contributed by atoms with E-state index in [-0.39, 0.29) is 17.9 Å². The maximum atomic E-state index is 12.1. The molecule has 0 aliphatic rings. The highest BCUT2D eigenvalue weighted by molar-refractivity contribution is 9.10. The summed E-state index contributed by atoms with van der Waals surface area (Å²) in [4.78, 5) is 24.8. The summed E-state index contributed by atoms with van der Waals surface area (Å²) in [6.07, 6.45) is 0.238. The first-order chi connectivity index (χ1) is 11.5. The first kappa shape index (κ1) is 16.9. The molecule has 0 saturated carbocycles. The van der Waals surface area contributed by atoms with Crippen molar-refractivity contribution in [2.75, 3.05) is 5.32 Å². The van der Waals surface area contributed by atoms with Crippen LogP contribution in [0.2, 0.25) is 0 Å². The van der Waals surface area contributed by atoms with Crippen LogP contribution in [-0.4, -0.2) is 17.0 Å². The number of aromatic carboxylic acids is 1. The van der Waals surface area contributed by atoms with Gasteiger partial charge in [-0.3, -0.25) is 4.79 Å². The van der Waals surface area contributed by atoms with Crippen LogP contribution >= 0.6 is 38.6 Å². The number of halogens is 1. The van der Waals surface area contributed by atoms with Gasteiger partial charge in [0, 0.05) is 20.3 Å². The average Bonchev–Trinajstić information content (AvgIpc) is 3.17. The lowest BCUT2D eigenvalue weighted by Gasteiger charge is -2.06. The molecule has 7 heteroatoms. The summed E-state index contributed by atoms with van der Waals surface area (Å²) in [6, 6.07) is 11.2. The van der Waals surface area contributed by atoms with E-state index in [2.05, 4.69) is 21.2 Å². The summed E-state index contributed by atoms with van der Waals surface area (Å²) < 4.78 is 0.919. The molecule has 0 aliphatic carbocycles. The highest BCUT2D eigenvalue weighted by Gasteiger charge is 2.21. The van der Waals surface area contributed by atoms with Crippen LogP contribution in [0, 0.1) is 0 Å². The number of benzene rings is 1. The Morgan fingerprint density at radius 1 is 1.12 bits per heavy atom. The zero-order valence-corrected chi connectivity index (χ0v) is 15.5. The van der Waals surface area contributed by atoms with E-state index in [0.29, 0.717) is 10.6 Å². The molecule has 0 fully saturated rings. The van der Waals surface area contributed by atoms with E-state index in [0.717, 1.165) is 14.9 Å². The van der Waals surface area contributed by atoms with Crippen molar-refractivity contribution in [2.24, 2.45) is 0 Å². The Morgan fingerprint density at radius 3 is 2.50 bits per heavy atom.